The quantitative estimate of drug-likeness (QED) is 0.601. The standard InChI is InChI=1S/C16H19Cl/c1-2-3-4-5-10-15-14-9-7-6-8-13(14)11-12-16(15)17/h6-9,11-12H,2-5,10H2,1H3. The molecule has 2 aromatic carbocycles. The molecule has 0 radical (unpaired) electrons. The van der Waals surface area contributed by atoms with Gasteiger partial charge in [-0.25, -0.2) is 0 Å². The Labute approximate surface area is 109 Å². The fourth-order valence-electron chi connectivity index (χ4n) is 2.29. The lowest BCUT2D eigenvalue weighted by Crippen LogP contribution is -1.90. The van der Waals surface area contributed by atoms with Crippen LogP contribution in [-0.4, -0.2) is 0 Å². The van der Waals surface area contributed by atoms with Gasteiger partial charge in [0.15, 0.2) is 0 Å². The molecule has 0 fully saturated rings. The highest BCUT2D eigenvalue weighted by atomic mass is 35.5. The van der Waals surface area contributed by atoms with Crippen molar-refractivity contribution in [2.75, 3.05) is 0 Å². The van der Waals surface area contributed by atoms with Gasteiger partial charge >= 0.3 is 0 Å². The van der Waals surface area contributed by atoms with E-state index in [0.717, 1.165) is 11.4 Å². The van der Waals surface area contributed by atoms with Gasteiger partial charge in [-0.1, -0.05) is 68.1 Å². The van der Waals surface area contributed by atoms with E-state index in [1.807, 2.05) is 6.07 Å². The fraction of sp³-hybridized carbons (Fsp3) is 0.375. The molecular weight excluding hydrogens is 228 g/mol. The second-order valence-electron chi connectivity index (χ2n) is 4.56. The van der Waals surface area contributed by atoms with Crippen molar-refractivity contribution in [3.05, 3.63) is 47.0 Å². The number of unbranched alkanes of at least 4 members (excludes halogenated alkanes) is 3. The number of halogens is 1. The molecule has 0 aromatic heterocycles. The molecule has 90 valence electrons. The van der Waals surface area contributed by atoms with E-state index in [4.69, 9.17) is 11.6 Å². The van der Waals surface area contributed by atoms with Gasteiger partial charge in [-0.05, 0) is 35.2 Å². The fourth-order valence-corrected chi connectivity index (χ4v) is 2.55. The number of fused-ring (bicyclic) bond motifs is 1. The van der Waals surface area contributed by atoms with Crippen LogP contribution in [0.1, 0.15) is 38.2 Å². The van der Waals surface area contributed by atoms with Crippen molar-refractivity contribution in [1.29, 1.82) is 0 Å². The third-order valence-corrected chi connectivity index (χ3v) is 3.62. The second kappa shape index (κ2) is 6.07. The third-order valence-electron chi connectivity index (χ3n) is 3.26. The molecule has 0 saturated carbocycles. The van der Waals surface area contributed by atoms with E-state index in [1.54, 1.807) is 0 Å². The highest BCUT2D eigenvalue weighted by Gasteiger charge is 2.05. The van der Waals surface area contributed by atoms with Crippen LogP contribution in [-0.2, 0) is 6.42 Å². The average molecular weight is 247 g/mol. The van der Waals surface area contributed by atoms with Crippen molar-refractivity contribution in [2.24, 2.45) is 0 Å². The van der Waals surface area contributed by atoms with Crippen molar-refractivity contribution in [1.82, 2.24) is 0 Å². The van der Waals surface area contributed by atoms with Gasteiger partial charge < -0.3 is 0 Å². The predicted molar refractivity (Wildman–Crippen MR) is 76.8 cm³/mol. The molecule has 1 heteroatoms. The molecule has 0 spiro atoms. The van der Waals surface area contributed by atoms with E-state index < -0.39 is 0 Å². The number of hydrogen-bond donors (Lipinski definition) is 0. The summed E-state index contributed by atoms with van der Waals surface area (Å²) in [5.41, 5.74) is 1.32. The highest BCUT2D eigenvalue weighted by molar-refractivity contribution is 6.32. The highest BCUT2D eigenvalue weighted by Crippen LogP contribution is 2.27. The van der Waals surface area contributed by atoms with E-state index in [2.05, 4.69) is 37.3 Å². The van der Waals surface area contributed by atoms with E-state index in [9.17, 15) is 0 Å². The molecule has 0 aliphatic heterocycles. The Bertz CT molecular complexity index is 488. The molecule has 2 aromatic rings. The lowest BCUT2D eigenvalue weighted by molar-refractivity contribution is 0.668. The molecule has 0 saturated heterocycles. The summed E-state index contributed by atoms with van der Waals surface area (Å²) < 4.78 is 0. The zero-order valence-electron chi connectivity index (χ0n) is 10.4. The van der Waals surface area contributed by atoms with Crippen LogP contribution in [0.3, 0.4) is 0 Å². The largest absolute Gasteiger partial charge is 0.0840 e. The molecule has 2 rings (SSSR count). The first-order valence-corrected chi connectivity index (χ1v) is 6.87. The molecule has 0 aliphatic carbocycles. The normalized spacial score (nSPS) is 10.9. The Kier molecular flexibility index (Phi) is 4.44. The minimum atomic E-state index is 0.917. The molecular formula is C16H19Cl. The number of rotatable bonds is 5. The SMILES string of the molecule is CCCCCCc1c(Cl)ccc2ccccc12. The van der Waals surface area contributed by atoms with Crippen molar-refractivity contribution in [3.63, 3.8) is 0 Å². The zero-order chi connectivity index (χ0) is 12.1. The van der Waals surface area contributed by atoms with Gasteiger partial charge in [0.05, 0.1) is 0 Å². The van der Waals surface area contributed by atoms with Crippen LogP contribution in [0, 0.1) is 0 Å². The molecule has 17 heavy (non-hydrogen) atoms. The second-order valence-corrected chi connectivity index (χ2v) is 4.96. The van der Waals surface area contributed by atoms with Gasteiger partial charge in [-0.2, -0.15) is 0 Å². The third kappa shape index (κ3) is 3.01. The maximum atomic E-state index is 6.32. The lowest BCUT2D eigenvalue weighted by atomic mass is 9.99. The summed E-state index contributed by atoms with van der Waals surface area (Å²) in [6.45, 7) is 2.24. The number of hydrogen-bond acceptors (Lipinski definition) is 0. The summed E-state index contributed by atoms with van der Waals surface area (Å²) in [6, 6.07) is 12.6. The zero-order valence-corrected chi connectivity index (χ0v) is 11.1. The Morgan fingerprint density at radius 2 is 1.76 bits per heavy atom. The predicted octanol–water partition coefficient (Wildman–Crippen LogP) is 5.62. The van der Waals surface area contributed by atoms with Gasteiger partial charge in [0.2, 0.25) is 0 Å². The maximum absolute atomic E-state index is 6.32. The first kappa shape index (κ1) is 12.4. The summed E-state index contributed by atoms with van der Waals surface area (Å²) >= 11 is 6.32. The molecule has 0 heterocycles. The van der Waals surface area contributed by atoms with E-state index >= 15 is 0 Å². The summed E-state index contributed by atoms with van der Waals surface area (Å²) in [4.78, 5) is 0. The van der Waals surface area contributed by atoms with Crippen molar-refractivity contribution >= 4 is 22.4 Å². The Morgan fingerprint density at radius 3 is 2.59 bits per heavy atom. The number of aryl methyl sites for hydroxylation is 1. The van der Waals surface area contributed by atoms with Crippen LogP contribution in [0.15, 0.2) is 36.4 Å². The van der Waals surface area contributed by atoms with E-state index in [0.29, 0.717) is 0 Å². The van der Waals surface area contributed by atoms with Crippen molar-refractivity contribution in [3.8, 4) is 0 Å². The monoisotopic (exact) mass is 246 g/mol. The Balaban J connectivity index is 2.22. The van der Waals surface area contributed by atoms with Crippen molar-refractivity contribution in [2.45, 2.75) is 39.0 Å². The summed E-state index contributed by atoms with van der Waals surface area (Å²) in [6.07, 6.45) is 6.24. The Hall–Kier alpha value is -1.01. The van der Waals surface area contributed by atoms with Gasteiger partial charge in [-0.3, -0.25) is 0 Å². The molecule has 0 atom stereocenters. The molecule has 0 nitrogen and oxygen atoms in total. The molecule has 0 aliphatic rings. The van der Waals surface area contributed by atoms with Crippen LogP contribution in [0.25, 0.3) is 10.8 Å². The summed E-state index contributed by atoms with van der Waals surface area (Å²) in [7, 11) is 0. The summed E-state index contributed by atoms with van der Waals surface area (Å²) in [5.74, 6) is 0. The van der Waals surface area contributed by atoms with Crippen LogP contribution in [0.5, 0.6) is 0 Å². The van der Waals surface area contributed by atoms with Crippen molar-refractivity contribution < 1.29 is 0 Å². The minimum Gasteiger partial charge on any atom is -0.0840 e. The maximum Gasteiger partial charge on any atom is 0.0444 e. The van der Waals surface area contributed by atoms with Gasteiger partial charge in [-0.15, -0.1) is 0 Å². The van der Waals surface area contributed by atoms with E-state index in [1.165, 1.54) is 42.0 Å². The van der Waals surface area contributed by atoms with Crippen LogP contribution < -0.4 is 0 Å². The first-order valence-electron chi connectivity index (χ1n) is 6.49. The molecule has 0 unspecified atom stereocenters. The average Bonchev–Trinajstić information content (AvgIpc) is 2.37. The lowest BCUT2D eigenvalue weighted by Gasteiger charge is -2.08. The van der Waals surface area contributed by atoms with Crippen LogP contribution in [0.2, 0.25) is 5.02 Å². The van der Waals surface area contributed by atoms with Gasteiger partial charge in [0.1, 0.15) is 0 Å². The smallest absolute Gasteiger partial charge is 0.0444 e. The molecule has 0 bridgehead atoms. The van der Waals surface area contributed by atoms with Gasteiger partial charge in [0, 0.05) is 5.02 Å². The summed E-state index contributed by atoms with van der Waals surface area (Å²) in [5, 5.41) is 3.53. The number of benzene rings is 2. The first-order chi connectivity index (χ1) is 8.33. The molecule has 0 amide bonds. The van der Waals surface area contributed by atoms with E-state index in [-0.39, 0.29) is 0 Å². The minimum absolute atomic E-state index is 0.917. The topological polar surface area (TPSA) is 0 Å². The van der Waals surface area contributed by atoms with Crippen LogP contribution in [0.4, 0.5) is 0 Å². The van der Waals surface area contributed by atoms with Gasteiger partial charge in [0.25, 0.3) is 0 Å². The van der Waals surface area contributed by atoms with Crippen LogP contribution >= 0.6 is 11.6 Å². The Morgan fingerprint density at radius 1 is 0.941 bits per heavy atom. The molecule has 0 N–H and O–H groups in total.